The molecule has 2 nitrogen and oxygen atoms in total. The quantitative estimate of drug-likeness (QED) is 0.600. The Morgan fingerprint density at radius 1 is 1.33 bits per heavy atom. The summed E-state index contributed by atoms with van der Waals surface area (Å²) in [5, 5.41) is -0.0663. The third kappa shape index (κ3) is 3.14. The van der Waals surface area contributed by atoms with Gasteiger partial charge < -0.3 is 4.57 Å². The first-order chi connectivity index (χ1) is 9.98. The summed E-state index contributed by atoms with van der Waals surface area (Å²) in [6, 6.07) is 6.28. The number of hydrogen-bond acceptors (Lipinski definition) is 1. The zero-order valence-corrected chi connectivity index (χ0v) is 15.0. The van der Waals surface area contributed by atoms with E-state index in [0.717, 1.165) is 22.4 Å². The molecule has 1 unspecified atom stereocenters. The van der Waals surface area contributed by atoms with E-state index >= 15 is 0 Å². The van der Waals surface area contributed by atoms with Crippen molar-refractivity contribution in [3.05, 3.63) is 28.5 Å². The van der Waals surface area contributed by atoms with Crippen LogP contribution in [0.1, 0.15) is 57.2 Å². The van der Waals surface area contributed by atoms with Gasteiger partial charge in [0, 0.05) is 11.0 Å². The molecule has 1 aliphatic rings. The van der Waals surface area contributed by atoms with Crippen molar-refractivity contribution >= 4 is 38.6 Å². The van der Waals surface area contributed by atoms with E-state index in [1.54, 1.807) is 0 Å². The summed E-state index contributed by atoms with van der Waals surface area (Å²) in [7, 11) is 0. The second-order valence-corrected chi connectivity index (χ2v) is 8.25. The van der Waals surface area contributed by atoms with Crippen LogP contribution in [0.4, 0.5) is 0 Å². The van der Waals surface area contributed by atoms with Crippen LogP contribution in [0.5, 0.6) is 0 Å². The zero-order chi connectivity index (χ0) is 15.0. The SMILES string of the molecule is CC(Cl)c1nc2ccc(Br)cc2n1CC1(C)CCCCC1. The first-order valence-corrected chi connectivity index (χ1v) is 9.01. The first-order valence-electron chi connectivity index (χ1n) is 7.78. The number of benzene rings is 1. The van der Waals surface area contributed by atoms with Gasteiger partial charge in [-0.3, -0.25) is 0 Å². The molecule has 0 radical (unpaired) electrons. The number of alkyl halides is 1. The standard InChI is InChI=1S/C17H22BrClN2/c1-12(19)16-20-14-7-6-13(18)10-15(14)21(16)11-17(2)8-4-3-5-9-17/h6-7,10,12H,3-5,8-9,11H2,1-2H3. The number of rotatable bonds is 3. The highest BCUT2D eigenvalue weighted by Crippen LogP contribution is 2.39. The molecular formula is C17H22BrClN2. The summed E-state index contributed by atoms with van der Waals surface area (Å²) in [5.74, 6) is 0.997. The average Bonchev–Trinajstić information content (AvgIpc) is 2.77. The van der Waals surface area contributed by atoms with Crippen molar-refractivity contribution in [2.24, 2.45) is 5.41 Å². The van der Waals surface area contributed by atoms with Crippen molar-refractivity contribution in [1.82, 2.24) is 9.55 Å². The number of imidazole rings is 1. The summed E-state index contributed by atoms with van der Waals surface area (Å²) in [5.41, 5.74) is 2.60. The van der Waals surface area contributed by atoms with Crippen molar-refractivity contribution < 1.29 is 0 Å². The fourth-order valence-corrected chi connectivity index (χ4v) is 4.05. The Hall–Kier alpha value is -0.540. The smallest absolute Gasteiger partial charge is 0.127 e. The third-order valence-corrected chi connectivity index (χ3v) is 5.38. The number of aromatic nitrogens is 2. The van der Waals surface area contributed by atoms with Crippen molar-refractivity contribution in [3.63, 3.8) is 0 Å². The van der Waals surface area contributed by atoms with Gasteiger partial charge in [0.05, 0.1) is 16.4 Å². The summed E-state index contributed by atoms with van der Waals surface area (Å²) in [6.07, 6.45) is 6.68. The van der Waals surface area contributed by atoms with Crippen molar-refractivity contribution in [2.45, 2.75) is 57.9 Å². The van der Waals surface area contributed by atoms with Crippen LogP contribution in [-0.4, -0.2) is 9.55 Å². The Labute approximate surface area is 140 Å². The highest BCUT2D eigenvalue weighted by atomic mass is 79.9. The lowest BCUT2D eigenvalue weighted by Gasteiger charge is -2.34. The summed E-state index contributed by atoms with van der Waals surface area (Å²) >= 11 is 9.97. The van der Waals surface area contributed by atoms with Gasteiger partial charge in [0.2, 0.25) is 0 Å². The van der Waals surface area contributed by atoms with E-state index in [1.807, 2.05) is 13.0 Å². The predicted molar refractivity (Wildman–Crippen MR) is 92.9 cm³/mol. The van der Waals surface area contributed by atoms with Crippen LogP contribution in [0.2, 0.25) is 0 Å². The summed E-state index contributed by atoms with van der Waals surface area (Å²) < 4.78 is 3.45. The Morgan fingerprint density at radius 2 is 2.05 bits per heavy atom. The highest BCUT2D eigenvalue weighted by molar-refractivity contribution is 9.10. The molecule has 4 heteroatoms. The number of nitrogens with zero attached hydrogens (tertiary/aromatic N) is 2. The molecule has 1 saturated carbocycles. The Bertz CT molecular complexity index is 642. The van der Waals surface area contributed by atoms with Crippen LogP contribution in [-0.2, 0) is 6.54 Å². The Balaban J connectivity index is 2.06. The molecule has 1 fully saturated rings. The fourth-order valence-electron chi connectivity index (χ4n) is 3.53. The van der Waals surface area contributed by atoms with Crippen molar-refractivity contribution in [1.29, 1.82) is 0 Å². The van der Waals surface area contributed by atoms with Crippen molar-refractivity contribution in [2.75, 3.05) is 0 Å². The molecule has 0 saturated heterocycles. The lowest BCUT2D eigenvalue weighted by atomic mass is 9.75. The van der Waals surface area contributed by atoms with Gasteiger partial charge in [-0.05, 0) is 43.4 Å². The second kappa shape index (κ2) is 5.92. The molecule has 1 aromatic carbocycles. The minimum atomic E-state index is -0.0663. The summed E-state index contributed by atoms with van der Waals surface area (Å²) in [4.78, 5) is 4.76. The van der Waals surface area contributed by atoms with Crippen LogP contribution < -0.4 is 0 Å². The van der Waals surface area contributed by atoms with Gasteiger partial charge in [-0.2, -0.15) is 0 Å². The van der Waals surface area contributed by atoms with E-state index in [9.17, 15) is 0 Å². The maximum atomic E-state index is 6.39. The van der Waals surface area contributed by atoms with Gasteiger partial charge in [-0.25, -0.2) is 4.98 Å². The minimum Gasteiger partial charge on any atom is -0.326 e. The molecule has 0 amide bonds. The predicted octanol–water partition coefficient (Wildman–Crippen LogP) is 6.07. The molecule has 0 N–H and O–H groups in total. The molecule has 1 heterocycles. The molecule has 1 atom stereocenters. The molecule has 21 heavy (non-hydrogen) atoms. The van der Waals surface area contributed by atoms with Gasteiger partial charge in [0.15, 0.2) is 0 Å². The van der Waals surface area contributed by atoms with Crippen LogP contribution in [0.25, 0.3) is 11.0 Å². The first kappa shape index (κ1) is 15.4. The molecule has 3 rings (SSSR count). The number of hydrogen-bond donors (Lipinski definition) is 0. The van der Waals surface area contributed by atoms with E-state index < -0.39 is 0 Å². The van der Waals surface area contributed by atoms with E-state index in [-0.39, 0.29) is 5.38 Å². The van der Waals surface area contributed by atoms with E-state index in [0.29, 0.717) is 5.41 Å². The maximum absolute atomic E-state index is 6.39. The average molecular weight is 370 g/mol. The highest BCUT2D eigenvalue weighted by Gasteiger charge is 2.29. The van der Waals surface area contributed by atoms with Gasteiger partial charge in [0.1, 0.15) is 5.82 Å². The molecule has 1 aromatic heterocycles. The van der Waals surface area contributed by atoms with Gasteiger partial charge in [-0.15, -0.1) is 11.6 Å². The largest absolute Gasteiger partial charge is 0.326 e. The van der Waals surface area contributed by atoms with Crippen LogP contribution in [0, 0.1) is 5.41 Å². The second-order valence-electron chi connectivity index (χ2n) is 6.68. The maximum Gasteiger partial charge on any atom is 0.127 e. The number of halogens is 2. The molecular weight excluding hydrogens is 348 g/mol. The van der Waals surface area contributed by atoms with Gasteiger partial charge >= 0.3 is 0 Å². The van der Waals surface area contributed by atoms with Crippen molar-refractivity contribution in [3.8, 4) is 0 Å². The van der Waals surface area contributed by atoms with Crippen LogP contribution >= 0.6 is 27.5 Å². The fraction of sp³-hybridized carbons (Fsp3) is 0.588. The van der Waals surface area contributed by atoms with Crippen LogP contribution in [0.3, 0.4) is 0 Å². The molecule has 2 aromatic rings. The van der Waals surface area contributed by atoms with E-state index in [1.165, 1.54) is 37.6 Å². The molecule has 1 aliphatic carbocycles. The molecule has 114 valence electrons. The zero-order valence-electron chi connectivity index (χ0n) is 12.7. The number of fused-ring (bicyclic) bond motifs is 1. The Kier molecular flexibility index (Phi) is 4.33. The molecule has 0 aliphatic heterocycles. The lowest BCUT2D eigenvalue weighted by molar-refractivity contribution is 0.183. The summed E-state index contributed by atoms with van der Waals surface area (Å²) in [6.45, 7) is 5.45. The van der Waals surface area contributed by atoms with E-state index in [4.69, 9.17) is 16.6 Å². The van der Waals surface area contributed by atoms with Gasteiger partial charge in [0.25, 0.3) is 0 Å². The van der Waals surface area contributed by atoms with Gasteiger partial charge in [-0.1, -0.05) is 42.1 Å². The Morgan fingerprint density at radius 3 is 2.71 bits per heavy atom. The third-order valence-electron chi connectivity index (χ3n) is 4.70. The minimum absolute atomic E-state index is 0.0663. The molecule has 0 spiro atoms. The topological polar surface area (TPSA) is 17.8 Å². The van der Waals surface area contributed by atoms with Crippen LogP contribution in [0.15, 0.2) is 22.7 Å². The normalized spacial score (nSPS) is 19.8. The molecule has 0 bridgehead atoms. The van der Waals surface area contributed by atoms with E-state index in [2.05, 4.69) is 39.6 Å². The lowest BCUT2D eigenvalue weighted by Crippen LogP contribution is -2.27. The monoisotopic (exact) mass is 368 g/mol.